The van der Waals surface area contributed by atoms with Crippen molar-refractivity contribution >= 4 is 63.3 Å². The van der Waals surface area contributed by atoms with Crippen LogP contribution in [0.1, 0.15) is 25.7 Å². The van der Waals surface area contributed by atoms with Crippen molar-refractivity contribution in [1.29, 1.82) is 0 Å². The Morgan fingerprint density at radius 1 is 0.923 bits per heavy atom. The van der Waals surface area contributed by atoms with E-state index in [1.54, 1.807) is 0 Å². The van der Waals surface area contributed by atoms with E-state index in [1.165, 1.54) is 0 Å². The van der Waals surface area contributed by atoms with E-state index in [1.807, 2.05) is 0 Å². The summed E-state index contributed by atoms with van der Waals surface area (Å²) in [6, 6.07) is 0. The first-order chi connectivity index (χ1) is 5.63. The summed E-state index contributed by atoms with van der Waals surface area (Å²) in [6.45, 7) is 0. The van der Waals surface area contributed by atoms with Crippen molar-refractivity contribution in [3.05, 3.63) is 0 Å². The Morgan fingerprint density at radius 3 is 1.46 bits per heavy atom. The fourth-order valence-electron chi connectivity index (χ4n) is 1.72. The average molecular weight is 212 g/mol. The molecule has 1 saturated carbocycles. The zero-order chi connectivity index (χ0) is 9.14. The number of carboxylic acids is 2. The number of carboxylic acid groups (broad SMARTS) is 2. The molecule has 0 bridgehead atoms. The molecule has 2 unspecified atom stereocenters. The van der Waals surface area contributed by atoms with Gasteiger partial charge in [-0.2, -0.15) is 0 Å². The maximum absolute atomic E-state index is 10.6. The minimum absolute atomic E-state index is 0. The number of hydrogen-bond acceptors (Lipinski definition) is 2. The second-order valence-electron chi connectivity index (χ2n) is 3.17. The molecule has 0 amide bonds. The molecule has 4 nitrogen and oxygen atoms in total. The van der Waals surface area contributed by atoms with E-state index in [9.17, 15) is 9.59 Å². The Morgan fingerprint density at radius 2 is 1.23 bits per heavy atom. The normalized spacial score (nSPS) is 27.4. The molecule has 1 aliphatic carbocycles. The van der Waals surface area contributed by atoms with Crippen molar-refractivity contribution in [3.8, 4) is 0 Å². The van der Waals surface area contributed by atoms with Crippen LogP contribution in [0.4, 0.5) is 0 Å². The molecule has 0 aliphatic heterocycles. The molecule has 0 heterocycles. The molecular formula is C8H13KO4. The summed E-state index contributed by atoms with van der Waals surface area (Å²) in [5.41, 5.74) is 0. The molecule has 2 atom stereocenters. The van der Waals surface area contributed by atoms with Gasteiger partial charge in [-0.25, -0.2) is 0 Å². The first-order valence-corrected chi connectivity index (χ1v) is 4.08. The molecule has 2 N–H and O–H groups in total. The molecule has 0 aromatic carbocycles. The number of carbonyl (C=O) groups is 2. The molecule has 0 spiro atoms. The van der Waals surface area contributed by atoms with Gasteiger partial charge >= 0.3 is 63.3 Å². The molecule has 1 aliphatic rings. The Kier molecular flexibility index (Phi) is 6.41. The molecule has 1 fully saturated rings. The number of rotatable bonds is 2. The summed E-state index contributed by atoms with van der Waals surface area (Å²) in [5, 5.41) is 17.4. The number of hydrogen-bond donors (Lipinski definition) is 2. The van der Waals surface area contributed by atoms with E-state index in [2.05, 4.69) is 0 Å². The van der Waals surface area contributed by atoms with Crippen molar-refractivity contribution in [2.75, 3.05) is 0 Å². The van der Waals surface area contributed by atoms with Crippen molar-refractivity contribution in [1.82, 2.24) is 0 Å². The molecular weight excluding hydrogens is 199 g/mol. The fourth-order valence-corrected chi connectivity index (χ4v) is 1.72. The topological polar surface area (TPSA) is 74.6 Å². The van der Waals surface area contributed by atoms with E-state index in [4.69, 9.17) is 10.2 Å². The van der Waals surface area contributed by atoms with Crippen LogP contribution < -0.4 is 0 Å². The van der Waals surface area contributed by atoms with Crippen LogP contribution in [0.3, 0.4) is 0 Å². The van der Waals surface area contributed by atoms with Crippen LogP contribution in [0.25, 0.3) is 0 Å². The standard InChI is InChI=1S/C8H12O4.K.H/c9-7(10)5-3-1-2-4-6(5)8(11)12;;/h5-6H,1-4H2,(H,9,10)(H,11,12);;. The summed E-state index contributed by atoms with van der Waals surface area (Å²) >= 11 is 0. The SMILES string of the molecule is O=C(O)C1CCCCC1C(=O)O.[KH]. The van der Waals surface area contributed by atoms with Gasteiger partial charge in [0.05, 0.1) is 11.8 Å². The summed E-state index contributed by atoms with van der Waals surface area (Å²) in [7, 11) is 0. The quantitative estimate of drug-likeness (QED) is 0.646. The van der Waals surface area contributed by atoms with E-state index in [0.717, 1.165) is 12.8 Å². The molecule has 70 valence electrons. The van der Waals surface area contributed by atoms with Gasteiger partial charge < -0.3 is 10.2 Å². The Bertz CT molecular complexity index is 182. The van der Waals surface area contributed by atoms with Crippen LogP contribution >= 0.6 is 0 Å². The first kappa shape index (κ1) is 13.6. The summed E-state index contributed by atoms with van der Waals surface area (Å²) < 4.78 is 0. The Hall–Kier alpha value is 0.576. The summed E-state index contributed by atoms with van der Waals surface area (Å²) in [4.78, 5) is 21.2. The van der Waals surface area contributed by atoms with Crippen molar-refractivity contribution in [3.63, 3.8) is 0 Å². The minimum atomic E-state index is -0.970. The molecule has 0 aromatic heterocycles. The van der Waals surface area contributed by atoms with Crippen LogP contribution in [-0.4, -0.2) is 73.5 Å². The van der Waals surface area contributed by atoms with Crippen molar-refractivity contribution in [2.45, 2.75) is 25.7 Å². The molecule has 13 heavy (non-hydrogen) atoms. The zero-order valence-corrected chi connectivity index (χ0v) is 6.69. The van der Waals surface area contributed by atoms with E-state index in [0.29, 0.717) is 12.8 Å². The molecule has 0 radical (unpaired) electrons. The van der Waals surface area contributed by atoms with Gasteiger partial charge in [-0.3, -0.25) is 9.59 Å². The van der Waals surface area contributed by atoms with Gasteiger partial charge in [0.15, 0.2) is 0 Å². The van der Waals surface area contributed by atoms with Crippen molar-refractivity contribution in [2.24, 2.45) is 11.8 Å². The van der Waals surface area contributed by atoms with Gasteiger partial charge in [-0.1, -0.05) is 12.8 Å². The predicted molar refractivity (Wildman–Crippen MR) is 47.9 cm³/mol. The molecule has 0 saturated heterocycles. The Balaban J connectivity index is 0.00000144. The summed E-state index contributed by atoms with van der Waals surface area (Å²) in [6.07, 6.45) is 2.68. The molecule has 0 aromatic rings. The zero-order valence-electron chi connectivity index (χ0n) is 6.69. The van der Waals surface area contributed by atoms with E-state index >= 15 is 0 Å². The monoisotopic (exact) mass is 212 g/mol. The van der Waals surface area contributed by atoms with Crippen molar-refractivity contribution < 1.29 is 19.8 Å². The van der Waals surface area contributed by atoms with Gasteiger partial charge in [0.2, 0.25) is 0 Å². The summed E-state index contributed by atoms with van der Waals surface area (Å²) in [5.74, 6) is -3.28. The van der Waals surface area contributed by atoms with Crippen LogP contribution in [0.5, 0.6) is 0 Å². The second kappa shape index (κ2) is 6.13. The van der Waals surface area contributed by atoms with Gasteiger partial charge in [0.1, 0.15) is 0 Å². The van der Waals surface area contributed by atoms with Gasteiger partial charge in [-0.15, -0.1) is 0 Å². The number of aliphatic carboxylic acids is 2. The van der Waals surface area contributed by atoms with Crippen LogP contribution in [0.2, 0.25) is 0 Å². The third-order valence-corrected chi connectivity index (χ3v) is 2.40. The predicted octanol–water partition coefficient (Wildman–Crippen LogP) is 0.313. The van der Waals surface area contributed by atoms with Gasteiger partial charge in [0, 0.05) is 0 Å². The van der Waals surface area contributed by atoms with Crippen LogP contribution in [0, 0.1) is 11.8 Å². The maximum atomic E-state index is 10.6. The molecule has 1 rings (SSSR count). The Labute approximate surface area is 119 Å². The fraction of sp³-hybridized carbons (Fsp3) is 0.750. The molecule has 5 heteroatoms. The van der Waals surface area contributed by atoms with Crippen LogP contribution in [-0.2, 0) is 9.59 Å². The second-order valence-corrected chi connectivity index (χ2v) is 3.17. The first-order valence-electron chi connectivity index (χ1n) is 4.08. The average Bonchev–Trinajstić information content (AvgIpc) is 2.04. The third-order valence-electron chi connectivity index (χ3n) is 2.40. The van der Waals surface area contributed by atoms with Gasteiger partial charge in [-0.05, 0) is 12.8 Å². The third kappa shape index (κ3) is 3.67. The van der Waals surface area contributed by atoms with Crippen LogP contribution in [0.15, 0.2) is 0 Å². The van der Waals surface area contributed by atoms with E-state index < -0.39 is 23.8 Å². The van der Waals surface area contributed by atoms with E-state index in [-0.39, 0.29) is 51.4 Å². The van der Waals surface area contributed by atoms with Gasteiger partial charge in [0.25, 0.3) is 0 Å².